The van der Waals surface area contributed by atoms with Gasteiger partial charge in [0.25, 0.3) is 0 Å². The number of hydrogen-bond donors (Lipinski definition) is 0. The molecule has 0 amide bonds. The molecule has 0 spiro atoms. The summed E-state index contributed by atoms with van der Waals surface area (Å²) in [6.45, 7) is 0. The fourth-order valence-corrected chi connectivity index (χ4v) is 0.495. The highest BCUT2D eigenvalue weighted by molar-refractivity contribution is 5.23. The van der Waals surface area contributed by atoms with Gasteiger partial charge in [0.05, 0.1) is 5.29 Å². The van der Waals surface area contributed by atoms with Gasteiger partial charge in [-0.1, -0.05) is 0 Å². The number of aromatic nitrogens is 2. The molecule has 0 fully saturated rings. The van der Waals surface area contributed by atoms with E-state index >= 15 is 0 Å². The molecular formula is C5H6N4O. The quantitative estimate of drug-likeness (QED) is 0.443. The molecule has 0 aliphatic rings. The highest BCUT2D eigenvalue weighted by atomic mass is 16.3. The summed E-state index contributed by atoms with van der Waals surface area (Å²) in [5.41, 5.74) is 0. The highest BCUT2D eigenvalue weighted by Gasteiger charge is 1.98. The third-order valence-corrected chi connectivity index (χ3v) is 0.964. The molecule has 0 saturated heterocycles. The molecule has 0 aromatic carbocycles. The van der Waals surface area contributed by atoms with Gasteiger partial charge in [-0.25, -0.2) is 9.97 Å². The van der Waals surface area contributed by atoms with Crippen molar-refractivity contribution in [2.75, 3.05) is 12.1 Å². The van der Waals surface area contributed by atoms with Gasteiger partial charge < -0.3 is 0 Å². The zero-order valence-electron chi connectivity index (χ0n) is 5.43. The minimum Gasteiger partial charge on any atom is -0.220 e. The maximum absolute atomic E-state index is 9.90. The summed E-state index contributed by atoms with van der Waals surface area (Å²) in [7, 11) is 1.49. The van der Waals surface area contributed by atoms with Crippen LogP contribution in [-0.2, 0) is 0 Å². The Morgan fingerprint density at radius 1 is 1.50 bits per heavy atom. The van der Waals surface area contributed by atoms with Crippen molar-refractivity contribution in [1.82, 2.24) is 9.97 Å². The summed E-state index contributed by atoms with van der Waals surface area (Å²) >= 11 is 0. The van der Waals surface area contributed by atoms with E-state index in [1.807, 2.05) is 0 Å². The molecule has 1 aromatic rings. The molecular weight excluding hydrogens is 132 g/mol. The van der Waals surface area contributed by atoms with E-state index in [1.165, 1.54) is 7.05 Å². The van der Waals surface area contributed by atoms with E-state index in [0.717, 1.165) is 5.01 Å². The Hall–Kier alpha value is -1.52. The van der Waals surface area contributed by atoms with Gasteiger partial charge in [-0.15, -0.1) is 4.91 Å². The zero-order chi connectivity index (χ0) is 7.40. The van der Waals surface area contributed by atoms with Crippen molar-refractivity contribution >= 4 is 5.95 Å². The van der Waals surface area contributed by atoms with Crippen LogP contribution in [0.5, 0.6) is 0 Å². The van der Waals surface area contributed by atoms with Crippen LogP contribution in [0.25, 0.3) is 0 Å². The van der Waals surface area contributed by atoms with Crippen molar-refractivity contribution in [2.45, 2.75) is 0 Å². The molecule has 5 nitrogen and oxygen atoms in total. The van der Waals surface area contributed by atoms with Crippen LogP contribution in [0.15, 0.2) is 23.7 Å². The summed E-state index contributed by atoms with van der Waals surface area (Å²) < 4.78 is 0. The molecule has 0 saturated carbocycles. The topological polar surface area (TPSA) is 58.5 Å². The average molecular weight is 138 g/mol. The Balaban J connectivity index is 2.84. The van der Waals surface area contributed by atoms with E-state index in [9.17, 15) is 4.91 Å². The lowest BCUT2D eigenvalue weighted by Gasteiger charge is -2.02. The van der Waals surface area contributed by atoms with Crippen molar-refractivity contribution in [3.63, 3.8) is 0 Å². The SMILES string of the molecule is CN(N=O)c1ncccn1. The highest BCUT2D eigenvalue weighted by Crippen LogP contribution is 2.00. The molecule has 1 heterocycles. The van der Waals surface area contributed by atoms with E-state index in [2.05, 4.69) is 15.3 Å². The summed E-state index contributed by atoms with van der Waals surface area (Å²) in [6.07, 6.45) is 3.09. The maximum Gasteiger partial charge on any atom is 0.248 e. The van der Waals surface area contributed by atoms with E-state index in [-0.39, 0.29) is 0 Å². The predicted octanol–water partition coefficient (Wildman–Crippen LogP) is 0.594. The first-order valence-corrected chi connectivity index (χ1v) is 2.68. The first-order valence-electron chi connectivity index (χ1n) is 2.68. The fourth-order valence-electron chi connectivity index (χ4n) is 0.495. The standard InChI is InChI=1S/C5H6N4O/c1-9(8-10)5-6-3-2-4-7-5/h2-4H,1H3. The predicted molar refractivity (Wildman–Crippen MR) is 36.2 cm³/mol. The number of anilines is 1. The number of hydrogen-bond acceptors (Lipinski definition) is 4. The Kier molecular flexibility index (Phi) is 1.89. The third-order valence-electron chi connectivity index (χ3n) is 0.964. The van der Waals surface area contributed by atoms with Crippen LogP contribution in [0, 0.1) is 4.91 Å². The second-order valence-corrected chi connectivity index (χ2v) is 1.65. The van der Waals surface area contributed by atoms with E-state index in [1.54, 1.807) is 18.5 Å². The minimum absolute atomic E-state index is 0.303. The molecule has 1 aromatic heterocycles. The van der Waals surface area contributed by atoms with Gasteiger partial charge in [0, 0.05) is 19.4 Å². The van der Waals surface area contributed by atoms with Crippen LogP contribution >= 0.6 is 0 Å². The molecule has 0 aliphatic heterocycles. The summed E-state index contributed by atoms with van der Waals surface area (Å²) in [6, 6.07) is 1.67. The van der Waals surface area contributed by atoms with E-state index in [0.29, 0.717) is 5.95 Å². The van der Waals surface area contributed by atoms with Gasteiger partial charge in [-0.05, 0) is 6.07 Å². The lowest BCUT2D eigenvalue weighted by Crippen LogP contribution is -2.09. The average Bonchev–Trinajstić information content (AvgIpc) is 2.05. The van der Waals surface area contributed by atoms with Crippen molar-refractivity contribution < 1.29 is 0 Å². The second-order valence-electron chi connectivity index (χ2n) is 1.65. The van der Waals surface area contributed by atoms with Crippen molar-refractivity contribution in [1.29, 1.82) is 0 Å². The lowest BCUT2D eigenvalue weighted by molar-refractivity contribution is 0.922. The molecule has 0 N–H and O–H groups in total. The van der Waals surface area contributed by atoms with Gasteiger partial charge in [0.2, 0.25) is 5.95 Å². The zero-order valence-corrected chi connectivity index (χ0v) is 5.43. The molecule has 5 heteroatoms. The monoisotopic (exact) mass is 138 g/mol. The molecule has 1 rings (SSSR count). The van der Waals surface area contributed by atoms with Gasteiger partial charge in [-0.3, -0.25) is 0 Å². The summed E-state index contributed by atoms with van der Waals surface area (Å²) in [5, 5.41) is 3.67. The minimum atomic E-state index is 0.303. The van der Waals surface area contributed by atoms with E-state index < -0.39 is 0 Å². The number of nitroso groups, excluding NO2 is 1. The fraction of sp³-hybridized carbons (Fsp3) is 0.200. The maximum atomic E-state index is 9.90. The van der Waals surface area contributed by atoms with Crippen molar-refractivity contribution in [3.05, 3.63) is 23.4 Å². The molecule has 52 valence electrons. The first-order chi connectivity index (χ1) is 4.84. The number of nitrogens with zero attached hydrogens (tertiary/aromatic N) is 4. The first kappa shape index (κ1) is 6.60. The van der Waals surface area contributed by atoms with Crippen LogP contribution in [-0.4, -0.2) is 17.0 Å². The van der Waals surface area contributed by atoms with Crippen LogP contribution in [0.2, 0.25) is 0 Å². The Labute approximate surface area is 57.7 Å². The summed E-state index contributed by atoms with van der Waals surface area (Å²) in [4.78, 5) is 17.4. The Morgan fingerprint density at radius 3 is 2.60 bits per heavy atom. The van der Waals surface area contributed by atoms with E-state index in [4.69, 9.17) is 0 Å². The molecule has 0 atom stereocenters. The van der Waals surface area contributed by atoms with Gasteiger partial charge in [0.15, 0.2) is 0 Å². The number of rotatable bonds is 2. The Morgan fingerprint density at radius 2 is 2.10 bits per heavy atom. The normalized spacial score (nSPS) is 8.90. The third kappa shape index (κ3) is 1.25. The van der Waals surface area contributed by atoms with Crippen LogP contribution in [0.1, 0.15) is 0 Å². The lowest BCUT2D eigenvalue weighted by atomic mass is 10.7. The largest absolute Gasteiger partial charge is 0.248 e. The molecule has 0 radical (unpaired) electrons. The smallest absolute Gasteiger partial charge is 0.220 e. The molecule has 10 heavy (non-hydrogen) atoms. The van der Waals surface area contributed by atoms with Crippen LogP contribution < -0.4 is 5.01 Å². The Bertz CT molecular complexity index is 212. The van der Waals surface area contributed by atoms with Gasteiger partial charge >= 0.3 is 0 Å². The molecule has 0 unspecified atom stereocenters. The van der Waals surface area contributed by atoms with Crippen molar-refractivity contribution in [3.8, 4) is 0 Å². The second kappa shape index (κ2) is 2.86. The van der Waals surface area contributed by atoms with Gasteiger partial charge in [-0.2, -0.15) is 5.01 Å². The van der Waals surface area contributed by atoms with Crippen LogP contribution in [0.3, 0.4) is 0 Å². The van der Waals surface area contributed by atoms with Gasteiger partial charge in [0.1, 0.15) is 0 Å². The molecule has 0 aliphatic carbocycles. The van der Waals surface area contributed by atoms with Crippen molar-refractivity contribution in [2.24, 2.45) is 5.29 Å². The summed E-state index contributed by atoms with van der Waals surface area (Å²) in [5.74, 6) is 0.303. The van der Waals surface area contributed by atoms with Crippen LogP contribution in [0.4, 0.5) is 5.95 Å². The molecule has 0 bridgehead atoms.